The smallest absolute Gasteiger partial charge is 0.326 e. The molecule has 104 valence electrons. The summed E-state index contributed by atoms with van der Waals surface area (Å²) in [5.41, 5.74) is -0.0713. The van der Waals surface area contributed by atoms with Crippen LogP contribution in [-0.2, 0) is 15.0 Å². The summed E-state index contributed by atoms with van der Waals surface area (Å²) in [7, 11) is 1.49. The Morgan fingerprint density at radius 3 is 2.42 bits per heavy atom. The van der Waals surface area contributed by atoms with Crippen LogP contribution in [0.5, 0.6) is 0 Å². The minimum atomic E-state index is -1.03. The average molecular weight is 284 g/mol. The molecule has 1 unspecified atom stereocenters. The van der Waals surface area contributed by atoms with Gasteiger partial charge in [-0.2, -0.15) is 0 Å². The molecule has 5 heteroatoms. The largest absolute Gasteiger partial charge is 0.480 e. The van der Waals surface area contributed by atoms with Gasteiger partial charge >= 0.3 is 5.97 Å². The maximum absolute atomic E-state index is 12.4. The lowest BCUT2D eigenvalue weighted by molar-refractivity contribution is -0.150. The third-order valence-corrected chi connectivity index (χ3v) is 3.57. The Labute approximate surface area is 118 Å². The van der Waals surface area contributed by atoms with Crippen molar-refractivity contribution in [2.24, 2.45) is 0 Å². The summed E-state index contributed by atoms with van der Waals surface area (Å²) >= 11 is 5.93. The van der Waals surface area contributed by atoms with Gasteiger partial charge in [0.15, 0.2) is 0 Å². The highest BCUT2D eigenvalue weighted by Gasteiger charge is 2.35. The van der Waals surface area contributed by atoms with Crippen LogP contribution in [0.25, 0.3) is 0 Å². The van der Waals surface area contributed by atoms with Crippen LogP contribution < -0.4 is 0 Å². The molecule has 4 nitrogen and oxygen atoms in total. The fraction of sp³-hybridized carbons (Fsp3) is 0.429. The number of carboxylic acids is 1. The van der Waals surface area contributed by atoms with Gasteiger partial charge in [-0.15, -0.1) is 0 Å². The van der Waals surface area contributed by atoms with Crippen molar-refractivity contribution in [2.45, 2.75) is 32.2 Å². The topological polar surface area (TPSA) is 57.6 Å². The van der Waals surface area contributed by atoms with Gasteiger partial charge in [-0.1, -0.05) is 23.7 Å². The predicted octanol–water partition coefficient (Wildman–Crippen LogP) is 2.55. The molecule has 1 atom stereocenters. The van der Waals surface area contributed by atoms with Crippen molar-refractivity contribution in [3.63, 3.8) is 0 Å². The van der Waals surface area contributed by atoms with E-state index in [0.717, 1.165) is 5.56 Å². The molecular formula is C14H18ClNO3. The molecule has 1 amide bonds. The molecule has 0 aliphatic rings. The van der Waals surface area contributed by atoms with Crippen molar-refractivity contribution in [3.8, 4) is 0 Å². The minimum absolute atomic E-state index is 0.260. The van der Waals surface area contributed by atoms with Crippen LogP contribution in [0.1, 0.15) is 26.3 Å². The number of halogens is 1. The Bertz CT molecular complexity index is 499. The van der Waals surface area contributed by atoms with E-state index in [0.29, 0.717) is 5.02 Å². The fourth-order valence-electron chi connectivity index (χ4n) is 1.78. The number of carbonyl (C=O) groups excluding carboxylic acids is 1. The third-order valence-electron chi connectivity index (χ3n) is 3.34. The predicted molar refractivity (Wildman–Crippen MR) is 74.3 cm³/mol. The second-order valence-corrected chi connectivity index (χ2v) is 5.50. The number of rotatable bonds is 4. The van der Waals surface area contributed by atoms with Crippen LogP contribution in [0.3, 0.4) is 0 Å². The maximum Gasteiger partial charge on any atom is 0.326 e. The molecule has 0 radical (unpaired) electrons. The van der Waals surface area contributed by atoms with E-state index >= 15 is 0 Å². The number of amides is 1. The molecule has 0 aliphatic carbocycles. The Morgan fingerprint density at radius 2 is 1.95 bits per heavy atom. The summed E-state index contributed by atoms with van der Waals surface area (Å²) in [4.78, 5) is 24.6. The Balaban J connectivity index is 3.06. The van der Waals surface area contributed by atoms with Gasteiger partial charge in [-0.05, 0) is 38.5 Å². The van der Waals surface area contributed by atoms with Gasteiger partial charge in [0, 0.05) is 12.1 Å². The van der Waals surface area contributed by atoms with Crippen molar-refractivity contribution < 1.29 is 14.7 Å². The molecule has 1 aromatic carbocycles. The number of hydrogen-bond donors (Lipinski definition) is 1. The van der Waals surface area contributed by atoms with Gasteiger partial charge in [0.1, 0.15) is 6.04 Å². The van der Waals surface area contributed by atoms with Crippen LogP contribution in [0.15, 0.2) is 24.3 Å². The summed E-state index contributed by atoms with van der Waals surface area (Å²) < 4.78 is 0. The number of benzene rings is 1. The third kappa shape index (κ3) is 3.26. The van der Waals surface area contributed by atoms with Gasteiger partial charge in [0.2, 0.25) is 5.91 Å². The zero-order chi connectivity index (χ0) is 14.8. The number of nitrogens with zero attached hydrogens (tertiary/aromatic N) is 1. The molecular weight excluding hydrogens is 266 g/mol. The SMILES string of the molecule is CC(C(=O)O)N(C)C(=O)C(C)(C)c1cccc(Cl)c1. The van der Waals surface area contributed by atoms with E-state index in [-0.39, 0.29) is 5.91 Å². The Morgan fingerprint density at radius 1 is 1.37 bits per heavy atom. The van der Waals surface area contributed by atoms with Crippen LogP contribution in [0, 0.1) is 0 Å². The van der Waals surface area contributed by atoms with Crippen molar-refractivity contribution in [1.82, 2.24) is 4.90 Å². The number of aliphatic carboxylic acids is 1. The first-order valence-electron chi connectivity index (χ1n) is 5.94. The van der Waals surface area contributed by atoms with E-state index in [9.17, 15) is 9.59 Å². The minimum Gasteiger partial charge on any atom is -0.480 e. The zero-order valence-corrected chi connectivity index (χ0v) is 12.2. The highest BCUT2D eigenvalue weighted by atomic mass is 35.5. The highest BCUT2D eigenvalue weighted by Crippen LogP contribution is 2.28. The molecule has 0 fully saturated rings. The van der Waals surface area contributed by atoms with Crippen LogP contribution in [0.4, 0.5) is 0 Å². The van der Waals surface area contributed by atoms with Gasteiger partial charge in [-0.3, -0.25) is 4.79 Å². The molecule has 0 aromatic heterocycles. The lowest BCUT2D eigenvalue weighted by Crippen LogP contribution is -2.48. The first-order valence-corrected chi connectivity index (χ1v) is 6.32. The number of hydrogen-bond acceptors (Lipinski definition) is 2. The summed E-state index contributed by atoms with van der Waals surface area (Å²) in [5, 5.41) is 9.52. The van der Waals surface area contributed by atoms with Gasteiger partial charge in [0.05, 0.1) is 5.41 Å². The molecule has 0 bridgehead atoms. The molecule has 1 aromatic rings. The van der Waals surface area contributed by atoms with E-state index in [1.807, 2.05) is 6.07 Å². The average Bonchev–Trinajstić information content (AvgIpc) is 2.35. The zero-order valence-electron chi connectivity index (χ0n) is 11.5. The van der Waals surface area contributed by atoms with Crippen molar-refractivity contribution in [2.75, 3.05) is 7.05 Å². The van der Waals surface area contributed by atoms with E-state index in [1.54, 1.807) is 32.0 Å². The summed E-state index contributed by atoms with van der Waals surface area (Å²) in [6.07, 6.45) is 0. The molecule has 0 heterocycles. The molecule has 0 spiro atoms. The molecule has 1 N–H and O–H groups in total. The first kappa shape index (κ1) is 15.5. The molecule has 0 saturated carbocycles. The second-order valence-electron chi connectivity index (χ2n) is 5.07. The molecule has 1 rings (SSSR count). The van der Waals surface area contributed by atoms with Crippen LogP contribution in [-0.4, -0.2) is 35.0 Å². The van der Waals surface area contributed by atoms with E-state index < -0.39 is 17.4 Å². The molecule has 0 saturated heterocycles. The summed E-state index contributed by atoms with van der Waals surface area (Å²) in [6.45, 7) is 4.99. The standard InChI is InChI=1S/C14H18ClNO3/c1-9(12(17)18)16(4)13(19)14(2,3)10-6-5-7-11(15)8-10/h5-9H,1-4H3,(H,17,18). The second kappa shape index (κ2) is 5.61. The lowest BCUT2D eigenvalue weighted by atomic mass is 9.83. The van der Waals surface area contributed by atoms with E-state index in [2.05, 4.69) is 0 Å². The maximum atomic E-state index is 12.4. The van der Waals surface area contributed by atoms with Crippen LogP contribution >= 0.6 is 11.6 Å². The summed E-state index contributed by atoms with van der Waals surface area (Å²) in [6, 6.07) is 6.16. The Kier molecular flexibility index (Phi) is 4.58. The van der Waals surface area contributed by atoms with Crippen LogP contribution in [0.2, 0.25) is 5.02 Å². The fourth-order valence-corrected chi connectivity index (χ4v) is 1.97. The molecule has 0 aliphatic heterocycles. The van der Waals surface area contributed by atoms with E-state index in [4.69, 9.17) is 16.7 Å². The van der Waals surface area contributed by atoms with Gasteiger partial charge < -0.3 is 10.0 Å². The quantitative estimate of drug-likeness (QED) is 0.924. The van der Waals surface area contributed by atoms with Crippen molar-refractivity contribution >= 4 is 23.5 Å². The highest BCUT2D eigenvalue weighted by molar-refractivity contribution is 6.30. The normalized spacial score (nSPS) is 12.9. The first-order chi connectivity index (χ1) is 8.67. The lowest BCUT2D eigenvalue weighted by Gasteiger charge is -2.32. The number of carbonyl (C=O) groups is 2. The number of likely N-dealkylation sites (N-methyl/N-ethyl adjacent to an activating group) is 1. The van der Waals surface area contributed by atoms with Crippen molar-refractivity contribution in [1.29, 1.82) is 0 Å². The van der Waals surface area contributed by atoms with Gasteiger partial charge in [-0.25, -0.2) is 4.79 Å². The monoisotopic (exact) mass is 283 g/mol. The summed E-state index contributed by atoms with van der Waals surface area (Å²) in [5.74, 6) is -1.29. The Hall–Kier alpha value is -1.55. The number of carboxylic acid groups (broad SMARTS) is 1. The van der Waals surface area contributed by atoms with E-state index in [1.165, 1.54) is 18.9 Å². The van der Waals surface area contributed by atoms with Crippen molar-refractivity contribution in [3.05, 3.63) is 34.9 Å². The van der Waals surface area contributed by atoms with Gasteiger partial charge in [0.25, 0.3) is 0 Å². The molecule has 19 heavy (non-hydrogen) atoms.